The summed E-state index contributed by atoms with van der Waals surface area (Å²) in [6.07, 6.45) is 4.21. The molecule has 0 fully saturated rings. The predicted octanol–water partition coefficient (Wildman–Crippen LogP) is 2.58. The average molecular weight is 473 g/mol. The lowest BCUT2D eigenvalue weighted by molar-refractivity contribution is 0.101. The Kier molecular flexibility index (Phi) is 6.20. The van der Waals surface area contributed by atoms with Crippen molar-refractivity contribution < 1.29 is 14.4 Å². The molecule has 1 aromatic carbocycles. The number of amides is 1. The van der Waals surface area contributed by atoms with Gasteiger partial charge < -0.3 is 14.9 Å². The standard InChI is InChI=1S/C24H23N7O4/c1-13(19(18-11-26-31(4)14(18)2)17-8-6-5-7-15(17)9-25)22-29-20(21(32)24(34)30(22)3)23(33)28-16-10-27-35-12-16/h5-8,10-13,19,32H,1-4H3,(H,28,33)/t13-,19+/m1/s1. The molecule has 3 aromatic heterocycles. The number of aryl methyl sites for hydroxylation is 1. The van der Waals surface area contributed by atoms with Crippen molar-refractivity contribution in [2.24, 2.45) is 14.1 Å². The molecule has 0 aliphatic heterocycles. The molecule has 4 rings (SSSR count). The number of carbonyl (C=O) groups is 1. The minimum Gasteiger partial charge on any atom is -0.501 e. The first kappa shape index (κ1) is 23.4. The van der Waals surface area contributed by atoms with E-state index >= 15 is 0 Å². The zero-order valence-corrected chi connectivity index (χ0v) is 19.6. The van der Waals surface area contributed by atoms with Crippen LogP contribution in [0.25, 0.3) is 0 Å². The summed E-state index contributed by atoms with van der Waals surface area (Å²) in [5.41, 5.74) is 1.99. The molecule has 11 heteroatoms. The van der Waals surface area contributed by atoms with Gasteiger partial charge in [0.15, 0.2) is 5.69 Å². The fraction of sp³-hybridized carbons (Fsp3) is 0.250. The molecule has 4 aromatic rings. The minimum atomic E-state index is -0.789. The van der Waals surface area contributed by atoms with Crippen LogP contribution in [0, 0.1) is 18.3 Å². The van der Waals surface area contributed by atoms with Gasteiger partial charge in [-0.2, -0.15) is 10.4 Å². The van der Waals surface area contributed by atoms with Gasteiger partial charge in [0, 0.05) is 37.2 Å². The first-order valence-electron chi connectivity index (χ1n) is 10.7. The number of nitriles is 1. The van der Waals surface area contributed by atoms with Gasteiger partial charge in [0.1, 0.15) is 17.8 Å². The van der Waals surface area contributed by atoms with E-state index in [0.29, 0.717) is 5.56 Å². The smallest absolute Gasteiger partial charge is 0.296 e. The van der Waals surface area contributed by atoms with Crippen molar-refractivity contribution in [1.82, 2.24) is 24.5 Å². The van der Waals surface area contributed by atoms with Gasteiger partial charge in [0.25, 0.3) is 11.5 Å². The van der Waals surface area contributed by atoms with Crippen LogP contribution in [0.1, 0.15) is 57.5 Å². The summed E-state index contributed by atoms with van der Waals surface area (Å²) >= 11 is 0. The summed E-state index contributed by atoms with van der Waals surface area (Å²) in [4.78, 5) is 30.2. The Bertz CT molecular complexity index is 1500. The van der Waals surface area contributed by atoms with E-state index in [2.05, 4.69) is 26.6 Å². The summed E-state index contributed by atoms with van der Waals surface area (Å²) < 4.78 is 7.64. The normalized spacial score (nSPS) is 12.7. The highest BCUT2D eigenvalue weighted by molar-refractivity contribution is 6.04. The van der Waals surface area contributed by atoms with Gasteiger partial charge in [0.2, 0.25) is 5.75 Å². The van der Waals surface area contributed by atoms with Gasteiger partial charge in [-0.15, -0.1) is 0 Å². The molecular formula is C24H23N7O4. The van der Waals surface area contributed by atoms with Crippen LogP contribution in [0.2, 0.25) is 0 Å². The Morgan fingerprint density at radius 1 is 1.23 bits per heavy atom. The molecule has 2 atom stereocenters. The number of nitrogens with one attached hydrogen (secondary N) is 1. The Balaban J connectivity index is 1.88. The number of hydrogen-bond donors (Lipinski definition) is 2. The highest BCUT2D eigenvalue weighted by Crippen LogP contribution is 2.40. The lowest BCUT2D eigenvalue weighted by atomic mass is 9.79. The number of aromatic hydroxyl groups is 1. The number of anilines is 1. The zero-order chi connectivity index (χ0) is 25.3. The highest BCUT2D eigenvalue weighted by atomic mass is 16.5. The van der Waals surface area contributed by atoms with Crippen molar-refractivity contribution in [3.8, 4) is 11.8 Å². The van der Waals surface area contributed by atoms with Crippen LogP contribution in [0.3, 0.4) is 0 Å². The number of nitrogens with zero attached hydrogens (tertiary/aromatic N) is 6. The van der Waals surface area contributed by atoms with E-state index in [9.17, 15) is 20.0 Å². The molecular weight excluding hydrogens is 450 g/mol. The first-order chi connectivity index (χ1) is 16.7. The van der Waals surface area contributed by atoms with E-state index in [1.54, 1.807) is 23.0 Å². The number of benzene rings is 1. The van der Waals surface area contributed by atoms with Crippen molar-refractivity contribution in [1.29, 1.82) is 5.26 Å². The maximum absolute atomic E-state index is 12.9. The summed E-state index contributed by atoms with van der Waals surface area (Å²) in [7, 11) is 3.30. The maximum Gasteiger partial charge on any atom is 0.296 e. The lowest BCUT2D eigenvalue weighted by Gasteiger charge is -2.26. The van der Waals surface area contributed by atoms with Crippen LogP contribution < -0.4 is 10.9 Å². The second-order valence-electron chi connectivity index (χ2n) is 8.17. The molecule has 0 spiro atoms. The molecule has 0 saturated carbocycles. The molecule has 0 aliphatic rings. The van der Waals surface area contributed by atoms with E-state index in [1.165, 1.54) is 24.1 Å². The molecule has 11 nitrogen and oxygen atoms in total. The van der Waals surface area contributed by atoms with Crippen LogP contribution in [-0.2, 0) is 14.1 Å². The fourth-order valence-corrected chi connectivity index (χ4v) is 4.18. The Morgan fingerprint density at radius 3 is 2.60 bits per heavy atom. The Morgan fingerprint density at radius 2 is 1.97 bits per heavy atom. The average Bonchev–Trinajstić information content (AvgIpc) is 3.48. The van der Waals surface area contributed by atoms with E-state index in [0.717, 1.165) is 16.8 Å². The third-order valence-corrected chi connectivity index (χ3v) is 6.14. The van der Waals surface area contributed by atoms with E-state index in [4.69, 9.17) is 4.52 Å². The quantitative estimate of drug-likeness (QED) is 0.433. The van der Waals surface area contributed by atoms with Crippen molar-refractivity contribution >= 4 is 11.6 Å². The van der Waals surface area contributed by atoms with Gasteiger partial charge >= 0.3 is 0 Å². The SMILES string of the molecule is Cc1c([C@H](c2ccccc2C#N)[C@@H](C)c2nc(C(=O)Nc3cnoc3)c(O)c(=O)n2C)cnn1C. The van der Waals surface area contributed by atoms with Crippen LogP contribution in [0.5, 0.6) is 5.75 Å². The lowest BCUT2D eigenvalue weighted by Crippen LogP contribution is -2.29. The topological polar surface area (TPSA) is 152 Å². The Hall–Kier alpha value is -4.72. The number of hydrogen-bond acceptors (Lipinski definition) is 8. The molecule has 1 amide bonds. The molecule has 0 aliphatic carbocycles. The third-order valence-electron chi connectivity index (χ3n) is 6.14. The van der Waals surface area contributed by atoms with Crippen molar-refractivity contribution in [2.75, 3.05) is 5.32 Å². The summed E-state index contributed by atoms with van der Waals surface area (Å²) in [5.74, 6) is -2.22. The molecule has 0 saturated heterocycles. The zero-order valence-electron chi connectivity index (χ0n) is 19.6. The molecule has 35 heavy (non-hydrogen) atoms. The fourth-order valence-electron chi connectivity index (χ4n) is 4.18. The molecule has 0 bridgehead atoms. The van der Waals surface area contributed by atoms with Gasteiger partial charge in [0.05, 0.1) is 24.0 Å². The maximum atomic E-state index is 12.9. The van der Waals surface area contributed by atoms with E-state index in [-0.39, 0.29) is 11.5 Å². The minimum absolute atomic E-state index is 0.248. The van der Waals surface area contributed by atoms with Crippen LogP contribution >= 0.6 is 0 Å². The van der Waals surface area contributed by atoms with Crippen molar-refractivity contribution in [2.45, 2.75) is 25.7 Å². The summed E-state index contributed by atoms with van der Waals surface area (Å²) in [6.45, 7) is 3.77. The van der Waals surface area contributed by atoms with Crippen molar-refractivity contribution in [3.05, 3.63) is 87.2 Å². The van der Waals surface area contributed by atoms with Crippen LogP contribution in [0.15, 0.2) is 52.2 Å². The predicted molar refractivity (Wildman–Crippen MR) is 125 cm³/mol. The number of aromatic nitrogens is 5. The molecule has 0 radical (unpaired) electrons. The number of carbonyl (C=O) groups excluding carboxylic acids is 1. The molecule has 0 unspecified atom stereocenters. The molecule has 2 N–H and O–H groups in total. The van der Waals surface area contributed by atoms with Gasteiger partial charge in [-0.05, 0) is 18.6 Å². The summed E-state index contributed by atoms with van der Waals surface area (Å²) in [6, 6.07) is 9.42. The van der Waals surface area contributed by atoms with E-state index in [1.807, 2.05) is 33.0 Å². The second-order valence-corrected chi connectivity index (χ2v) is 8.17. The largest absolute Gasteiger partial charge is 0.501 e. The number of rotatable bonds is 6. The molecule has 178 valence electrons. The monoisotopic (exact) mass is 473 g/mol. The molecule has 3 heterocycles. The van der Waals surface area contributed by atoms with Gasteiger partial charge in [-0.3, -0.25) is 18.8 Å². The van der Waals surface area contributed by atoms with Gasteiger partial charge in [-0.25, -0.2) is 4.98 Å². The van der Waals surface area contributed by atoms with Gasteiger partial charge in [-0.1, -0.05) is 30.3 Å². The first-order valence-corrected chi connectivity index (χ1v) is 10.7. The highest BCUT2D eigenvalue weighted by Gasteiger charge is 2.32. The Labute approximate surface area is 200 Å². The second kappa shape index (κ2) is 9.26. The third kappa shape index (κ3) is 4.17. The summed E-state index contributed by atoms with van der Waals surface area (Å²) in [5, 5.41) is 30.6. The van der Waals surface area contributed by atoms with Crippen molar-refractivity contribution in [3.63, 3.8) is 0 Å². The van der Waals surface area contributed by atoms with Crippen LogP contribution in [0.4, 0.5) is 5.69 Å². The van der Waals surface area contributed by atoms with Crippen LogP contribution in [-0.4, -0.2) is 35.5 Å². The van der Waals surface area contributed by atoms with E-state index < -0.39 is 34.7 Å².